The van der Waals surface area contributed by atoms with E-state index in [2.05, 4.69) is 5.32 Å². The summed E-state index contributed by atoms with van der Waals surface area (Å²) in [6.45, 7) is 0. The average molecular weight is 303 g/mol. The monoisotopic (exact) mass is 303 g/mol. The van der Waals surface area contributed by atoms with Crippen LogP contribution in [0.2, 0.25) is 0 Å². The molecule has 1 amide bonds. The Kier molecular flexibility index (Phi) is 4.24. The van der Waals surface area contributed by atoms with Crippen molar-refractivity contribution in [3.8, 4) is 11.3 Å². The van der Waals surface area contributed by atoms with Crippen molar-refractivity contribution in [2.45, 2.75) is 37.8 Å². The molecule has 0 radical (unpaired) electrons. The van der Waals surface area contributed by atoms with Crippen LogP contribution in [-0.4, -0.2) is 23.2 Å². The second-order valence-electron chi connectivity index (χ2n) is 5.65. The normalized spacial score (nSPS) is 21.5. The van der Waals surface area contributed by atoms with E-state index in [4.69, 9.17) is 4.42 Å². The molecule has 2 N–H and O–H groups in total. The molecule has 116 valence electrons. The van der Waals surface area contributed by atoms with Gasteiger partial charge < -0.3 is 14.8 Å². The molecule has 22 heavy (non-hydrogen) atoms. The molecule has 0 bridgehead atoms. The maximum atomic E-state index is 12.9. The summed E-state index contributed by atoms with van der Waals surface area (Å²) < 4.78 is 18.5. The van der Waals surface area contributed by atoms with E-state index in [1.807, 2.05) is 0 Å². The maximum Gasteiger partial charge on any atom is 0.287 e. The number of hydrogen-bond donors (Lipinski definition) is 2. The van der Waals surface area contributed by atoms with Gasteiger partial charge in [-0.05, 0) is 62.1 Å². The molecule has 1 aromatic heterocycles. The molecule has 1 aliphatic carbocycles. The number of halogens is 1. The van der Waals surface area contributed by atoms with Gasteiger partial charge in [-0.25, -0.2) is 4.39 Å². The van der Waals surface area contributed by atoms with Crippen LogP contribution in [-0.2, 0) is 0 Å². The Morgan fingerprint density at radius 1 is 1.09 bits per heavy atom. The number of hydrogen-bond acceptors (Lipinski definition) is 3. The third kappa shape index (κ3) is 3.36. The van der Waals surface area contributed by atoms with Gasteiger partial charge >= 0.3 is 0 Å². The Bertz CT molecular complexity index is 642. The minimum absolute atomic E-state index is 0.0790. The number of nitrogens with one attached hydrogen (secondary N) is 1. The zero-order valence-electron chi connectivity index (χ0n) is 12.1. The summed E-state index contributed by atoms with van der Waals surface area (Å²) in [4.78, 5) is 12.2. The summed E-state index contributed by atoms with van der Waals surface area (Å²) >= 11 is 0. The summed E-state index contributed by atoms with van der Waals surface area (Å²) in [5.41, 5.74) is 0.723. The van der Waals surface area contributed by atoms with Gasteiger partial charge in [-0.3, -0.25) is 4.79 Å². The van der Waals surface area contributed by atoms with Crippen LogP contribution in [0.3, 0.4) is 0 Å². The van der Waals surface area contributed by atoms with Crippen molar-refractivity contribution in [1.82, 2.24) is 5.32 Å². The first-order valence-corrected chi connectivity index (χ1v) is 7.46. The van der Waals surface area contributed by atoms with Crippen molar-refractivity contribution in [2.24, 2.45) is 0 Å². The SMILES string of the molecule is O=C(NC1CCC(O)CC1)c1ccc(-c2ccc(F)cc2)o1. The Morgan fingerprint density at radius 3 is 2.45 bits per heavy atom. The zero-order valence-corrected chi connectivity index (χ0v) is 12.1. The van der Waals surface area contributed by atoms with Gasteiger partial charge in [0.25, 0.3) is 5.91 Å². The van der Waals surface area contributed by atoms with Crippen LogP contribution in [0.15, 0.2) is 40.8 Å². The van der Waals surface area contributed by atoms with Crippen LogP contribution >= 0.6 is 0 Å². The van der Waals surface area contributed by atoms with Gasteiger partial charge in [-0.2, -0.15) is 0 Å². The summed E-state index contributed by atoms with van der Waals surface area (Å²) in [5, 5.41) is 12.4. The van der Waals surface area contributed by atoms with Crippen LogP contribution in [0, 0.1) is 5.82 Å². The lowest BCUT2D eigenvalue weighted by molar-refractivity contribution is 0.0844. The maximum absolute atomic E-state index is 12.9. The summed E-state index contributed by atoms with van der Waals surface area (Å²) in [7, 11) is 0. The molecular formula is C17H18FNO3. The topological polar surface area (TPSA) is 62.5 Å². The number of benzene rings is 1. The van der Waals surface area contributed by atoms with Gasteiger partial charge in [-0.15, -0.1) is 0 Å². The van der Waals surface area contributed by atoms with Crippen LogP contribution in [0.1, 0.15) is 36.2 Å². The Morgan fingerprint density at radius 2 is 1.77 bits per heavy atom. The molecule has 1 aromatic carbocycles. The third-order valence-electron chi connectivity index (χ3n) is 3.99. The molecule has 4 nitrogen and oxygen atoms in total. The number of carbonyl (C=O) groups excluding carboxylic acids is 1. The van der Waals surface area contributed by atoms with Gasteiger partial charge in [0.1, 0.15) is 11.6 Å². The van der Waals surface area contributed by atoms with Crippen molar-refractivity contribution in [3.63, 3.8) is 0 Å². The fourth-order valence-electron chi connectivity index (χ4n) is 2.71. The summed E-state index contributed by atoms with van der Waals surface area (Å²) in [5.74, 6) is 0.206. The smallest absolute Gasteiger partial charge is 0.287 e. The van der Waals surface area contributed by atoms with Gasteiger partial charge in [0.05, 0.1) is 6.10 Å². The van der Waals surface area contributed by atoms with E-state index in [1.54, 1.807) is 24.3 Å². The highest BCUT2D eigenvalue weighted by Gasteiger charge is 2.22. The van der Waals surface area contributed by atoms with Crippen molar-refractivity contribution in [3.05, 3.63) is 48.0 Å². The van der Waals surface area contributed by atoms with Crippen LogP contribution in [0.4, 0.5) is 4.39 Å². The van der Waals surface area contributed by atoms with E-state index in [-0.39, 0.29) is 29.6 Å². The lowest BCUT2D eigenvalue weighted by Gasteiger charge is -2.25. The number of amides is 1. The van der Waals surface area contributed by atoms with E-state index < -0.39 is 0 Å². The Labute approximate surface area is 128 Å². The van der Waals surface area contributed by atoms with Gasteiger partial charge in [0, 0.05) is 11.6 Å². The minimum atomic E-state index is -0.312. The number of aliphatic hydroxyl groups is 1. The van der Waals surface area contributed by atoms with Crippen molar-refractivity contribution in [2.75, 3.05) is 0 Å². The van der Waals surface area contributed by atoms with Crippen molar-refractivity contribution in [1.29, 1.82) is 0 Å². The van der Waals surface area contributed by atoms with Crippen LogP contribution in [0.5, 0.6) is 0 Å². The fraction of sp³-hybridized carbons (Fsp3) is 0.353. The van der Waals surface area contributed by atoms with E-state index in [1.165, 1.54) is 12.1 Å². The molecule has 1 fully saturated rings. The van der Waals surface area contributed by atoms with Gasteiger partial charge in [0.15, 0.2) is 5.76 Å². The van der Waals surface area contributed by atoms with E-state index in [0.717, 1.165) is 18.4 Å². The molecule has 1 aliphatic rings. The van der Waals surface area contributed by atoms with Gasteiger partial charge in [0.2, 0.25) is 0 Å². The Hall–Kier alpha value is -2.14. The van der Waals surface area contributed by atoms with E-state index in [9.17, 15) is 14.3 Å². The minimum Gasteiger partial charge on any atom is -0.451 e. The summed E-state index contributed by atoms with van der Waals surface area (Å²) in [6, 6.07) is 9.32. The third-order valence-corrected chi connectivity index (χ3v) is 3.99. The number of carbonyl (C=O) groups is 1. The fourth-order valence-corrected chi connectivity index (χ4v) is 2.71. The number of rotatable bonds is 3. The standard InChI is InChI=1S/C17H18FNO3/c18-12-3-1-11(2-4-12)15-9-10-16(22-15)17(21)19-13-5-7-14(20)8-6-13/h1-4,9-10,13-14,20H,5-8H2,(H,19,21). The average Bonchev–Trinajstić information content (AvgIpc) is 3.00. The highest BCUT2D eigenvalue weighted by molar-refractivity contribution is 5.92. The van der Waals surface area contributed by atoms with Crippen molar-refractivity contribution < 1.29 is 18.7 Å². The predicted molar refractivity (Wildman–Crippen MR) is 79.8 cm³/mol. The Balaban J connectivity index is 1.65. The lowest BCUT2D eigenvalue weighted by Crippen LogP contribution is -2.38. The molecule has 1 heterocycles. The largest absolute Gasteiger partial charge is 0.451 e. The first-order valence-electron chi connectivity index (χ1n) is 7.46. The molecule has 2 aromatic rings. The van der Waals surface area contributed by atoms with E-state index >= 15 is 0 Å². The zero-order chi connectivity index (χ0) is 15.5. The molecule has 0 unspecified atom stereocenters. The molecular weight excluding hydrogens is 285 g/mol. The molecule has 0 atom stereocenters. The first kappa shape index (κ1) is 14.8. The van der Waals surface area contributed by atoms with Crippen LogP contribution < -0.4 is 5.32 Å². The van der Waals surface area contributed by atoms with E-state index in [0.29, 0.717) is 18.6 Å². The molecule has 0 spiro atoms. The van der Waals surface area contributed by atoms with Crippen LogP contribution in [0.25, 0.3) is 11.3 Å². The second-order valence-corrected chi connectivity index (χ2v) is 5.65. The highest BCUT2D eigenvalue weighted by Crippen LogP contribution is 2.23. The molecule has 0 saturated heterocycles. The lowest BCUT2D eigenvalue weighted by atomic mass is 9.93. The highest BCUT2D eigenvalue weighted by atomic mass is 19.1. The number of aliphatic hydroxyl groups excluding tert-OH is 1. The number of furan rings is 1. The van der Waals surface area contributed by atoms with Gasteiger partial charge in [-0.1, -0.05) is 0 Å². The second kappa shape index (κ2) is 6.32. The summed E-state index contributed by atoms with van der Waals surface area (Å²) in [6.07, 6.45) is 2.73. The molecule has 0 aliphatic heterocycles. The first-order chi connectivity index (χ1) is 10.6. The molecule has 5 heteroatoms. The molecule has 3 rings (SSSR count). The quantitative estimate of drug-likeness (QED) is 0.915. The molecule has 1 saturated carbocycles. The van der Waals surface area contributed by atoms with Crippen molar-refractivity contribution >= 4 is 5.91 Å². The predicted octanol–water partition coefficient (Wildman–Crippen LogP) is 3.12.